The van der Waals surface area contributed by atoms with Gasteiger partial charge in [-0.05, 0) is 35.9 Å². The van der Waals surface area contributed by atoms with Gasteiger partial charge in [-0.25, -0.2) is 4.39 Å². The summed E-state index contributed by atoms with van der Waals surface area (Å²) in [5, 5.41) is 13.9. The summed E-state index contributed by atoms with van der Waals surface area (Å²) < 4.78 is 17.9. The minimum Gasteiger partial charge on any atom is -0.490 e. The van der Waals surface area contributed by atoms with E-state index in [2.05, 4.69) is 5.32 Å². The lowest BCUT2D eigenvalue weighted by Crippen LogP contribution is -2.36. The first-order chi connectivity index (χ1) is 12.9. The van der Waals surface area contributed by atoms with Crippen molar-refractivity contribution in [1.29, 1.82) is 0 Å². The maximum atomic E-state index is 12.9. The summed E-state index contributed by atoms with van der Waals surface area (Å²) in [4.78, 5) is 24.7. The number of carbonyl (C=O) groups excluding carboxylic acids is 1. The van der Waals surface area contributed by atoms with Crippen LogP contribution in [-0.2, 0) is 17.9 Å². The van der Waals surface area contributed by atoms with Crippen LogP contribution in [0.15, 0.2) is 42.5 Å². The van der Waals surface area contributed by atoms with Crippen molar-refractivity contribution in [2.45, 2.75) is 20.0 Å². The summed E-state index contributed by atoms with van der Waals surface area (Å²) in [7, 11) is 1.38. The summed E-state index contributed by atoms with van der Waals surface area (Å²) in [5.41, 5.74) is 1.42. The molecule has 2 aromatic rings. The standard InChI is InChI=1S/C19H22FN3O4/c1-3-22(12-15-6-9-18(27-2)17(10-15)23(25)26)13-19(24)21-11-14-4-7-16(20)8-5-14/h4-10H,3,11-13H2,1-2H3,(H,21,24). The number of hydrogen-bond acceptors (Lipinski definition) is 5. The minimum absolute atomic E-state index is 0.105. The average Bonchev–Trinajstić information content (AvgIpc) is 2.66. The van der Waals surface area contributed by atoms with Crippen LogP contribution >= 0.6 is 0 Å². The van der Waals surface area contributed by atoms with Crippen molar-refractivity contribution in [2.75, 3.05) is 20.2 Å². The molecule has 0 aliphatic heterocycles. The maximum absolute atomic E-state index is 12.9. The Labute approximate surface area is 156 Å². The molecule has 2 aromatic carbocycles. The smallest absolute Gasteiger partial charge is 0.311 e. The Hall–Kier alpha value is -3.00. The molecule has 0 aliphatic carbocycles. The lowest BCUT2D eigenvalue weighted by molar-refractivity contribution is -0.385. The van der Waals surface area contributed by atoms with Crippen molar-refractivity contribution < 1.29 is 18.8 Å². The fourth-order valence-electron chi connectivity index (χ4n) is 2.58. The Morgan fingerprint density at radius 1 is 1.22 bits per heavy atom. The number of ether oxygens (including phenoxy) is 1. The molecule has 0 radical (unpaired) electrons. The van der Waals surface area contributed by atoms with Crippen molar-refractivity contribution in [3.05, 3.63) is 69.5 Å². The Morgan fingerprint density at radius 3 is 2.48 bits per heavy atom. The van der Waals surface area contributed by atoms with Gasteiger partial charge >= 0.3 is 5.69 Å². The number of nitro benzene ring substituents is 1. The predicted octanol–water partition coefficient (Wildman–Crippen LogP) is 2.88. The van der Waals surface area contributed by atoms with Crippen LogP contribution in [-0.4, -0.2) is 35.9 Å². The molecule has 0 aliphatic rings. The number of likely N-dealkylation sites (N-methyl/N-ethyl adjacent to an activating group) is 1. The minimum atomic E-state index is -0.492. The predicted molar refractivity (Wildman–Crippen MR) is 98.8 cm³/mol. The van der Waals surface area contributed by atoms with Gasteiger partial charge in [-0.15, -0.1) is 0 Å². The summed E-state index contributed by atoms with van der Waals surface area (Å²) in [6.45, 7) is 3.36. The molecule has 0 aromatic heterocycles. The zero-order valence-electron chi connectivity index (χ0n) is 15.3. The van der Waals surface area contributed by atoms with E-state index in [4.69, 9.17) is 4.74 Å². The van der Waals surface area contributed by atoms with Crippen molar-refractivity contribution in [1.82, 2.24) is 10.2 Å². The van der Waals surface area contributed by atoms with Crippen LogP contribution in [0.5, 0.6) is 5.75 Å². The van der Waals surface area contributed by atoms with Crippen molar-refractivity contribution in [3.8, 4) is 5.75 Å². The lowest BCUT2D eigenvalue weighted by atomic mass is 10.1. The molecule has 0 saturated heterocycles. The van der Waals surface area contributed by atoms with Crippen LogP contribution in [0, 0.1) is 15.9 Å². The first-order valence-corrected chi connectivity index (χ1v) is 8.47. The number of benzene rings is 2. The van der Waals surface area contributed by atoms with E-state index >= 15 is 0 Å². The van der Waals surface area contributed by atoms with Crippen LogP contribution in [0.1, 0.15) is 18.1 Å². The van der Waals surface area contributed by atoms with Gasteiger partial charge in [0, 0.05) is 19.2 Å². The van der Waals surface area contributed by atoms with Gasteiger partial charge in [0.05, 0.1) is 18.6 Å². The van der Waals surface area contributed by atoms with Gasteiger partial charge in [0.1, 0.15) is 5.82 Å². The quantitative estimate of drug-likeness (QED) is 0.538. The molecule has 2 rings (SSSR count). The number of amides is 1. The Bertz CT molecular complexity index is 796. The first kappa shape index (κ1) is 20.3. The van der Waals surface area contributed by atoms with E-state index in [-0.39, 0.29) is 29.7 Å². The van der Waals surface area contributed by atoms with Crippen LogP contribution in [0.25, 0.3) is 0 Å². The van der Waals surface area contributed by atoms with Crippen LogP contribution in [0.4, 0.5) is 10.1 Å². The molecular weight excluding hydrogens is 353 g/mol. The molecule has 144 valence electrons. The second kappa shape index (κ2) is 9.63. The Morgan fingerprint density at radius 2 is 1.89 bits per heavy atom. The molecule has 8 heteroatoms. The summed E-state index contributed by atoms with van der Waals surface area (Å²) in [6.07, 6.45) is 0. The molecule has 27 heavy (non-hydrogen) atoms. The van der Waals surface area contributed by atoms with Gasteiger partial charge in [0.15, 0.2) is 5.75 Å². The van der Waals surface area contributed by atoms with E-state index in [1.165, 1.54) is 25.3 Å². The average molecular weight is 375 g/mol. The van der Waals surface area contributed by atoms with E-state index in [0.29, 0.717) is 19.6 Å². The van der Waals surface area contributed by atoms with Gasteiger partial charge < -0.3 is 10.1 Å². The van der Waals surface area contributed by atoms with E-state index in [1.54, 1.807) is 24.3 Å². The van der Waals surface area contributed by atoms with Crippen molar-refractivity contribution in [3.63, 3.8) is 0 Å². The molecule has 0 heterocycles. The highest BCUT2D eigenvalue weighted by molar-refractivity contribution is 5.78. The molecule has 0 unspecified atom stereocenters. The highest BCUT2D eigenvalue weighted by Crippen LogP contribution is 2.27. The van der Waals surface area contributed by atoms with E-state index < -0.39 is 4.92 Å². The molecule has 0 saturated carbocycles. The first-order valence-electron chi connectivity index (χ1n) is 8.47. The van der Waals surface area contributed by atoms with Gasteiger partial charge in [-0.2, -0.15) is 0 Å². The van der Waals surface area contributed by atoms with Gasteiger partial charge in [-0.3, -0.25) is 19.8 Å². The highest BCUT2D eigenvalue weighted by atomic mass is 19.1. The Kier molecular flexibility index (Phi) is 7.25. The highest BCUT2D eigenvalue weighted by Gasteiger charge is 2.17. The number of carbonyl (C=O) groups is 1. The van der Waals surface area contributed by atoms with Gasteiger partial charge in [0.2, 0.25) is 5.91 Å². The van der Waals surface area contributed by atoms with Gasteiger partial charge in [0.25, 0.3) is 0 Å². The number of halogens is 1. The monoisotopic (exact) mass is 375 g/mol. The number of nitrogens with one attached hydrogen (secondary N) is 1. The van der Waals surface area contributed by atoms with Crippen molar-refractivity contribution >= 4 is 11.6 Å². The summed E-state index contributed by atoms with van der Waals surface area (Å²) >= 11 is 0. The third kappa shape index (κ3) is 6.03. The third-order valence-corrected chi connectivity index (χ3v) is 4.06. The Balaban J connectivity index is 1.94. The van der Waals surface area contributed by atoms with E-state index in [1.807, 2.05) is 11.8 Å². The second-order valence-electron chi connectivity index (χ2n) is 5.97. The van der Waals surface area contributed by atoms with E-state index in [9.17, 15) is 19.3 Å². The number of nitrogens with zero attached hydrogens (tertiary/aromatic N) is 2. The third-order valence-electron chi connectivity index (χ3n) is 4.06. The lowest BCUT2D eigenvalue weighted by Gasteiger charge is -2.20. The molecule has 0 spiro atoms. The summed E-state index contributed by atoms with van der Waals surface area (Å²) in [5.74, 6) is -0.302. The molecule has 0 atom stereocenters. The zero-order valence-corrected chi connectivity index (χ0v) is 15.3. The topological polar surface area (TPSA) is 84.7 Å². The van der Waals surface area contributed by atoms with Gasteiger partial charge in [-0.1, -0.05) is 25.1 Å². The molecule has 1 amide bonds. The van der Waals surface area contributed by atoms with Crippen LogP contribution < -0.4 is 10.1 Å². The molecular formula is C19H22FN3O4. The summed E-state index contributed by atoms with van der Waals surface area (Å²) in [6, 6.07) is 10.7. The second-order valence-corrected chi connectivity index (χ2v) is 5.97. The molecule has 1 N–H and O–H groups in total. The molecule has 0 fully saturated rings. The number of rotatable bonds is 9. The zero-order chi connectivity index (χ0) is 19.8. The molecule has 0 bridgehead atoms. The van der Waals surface area contributed by atoms with Crippen molar-refractivity contribution in [2.24, 2.45) is 0 Å². The fraction of sp³-hybridized carbons (Fsp3) is 0.316. The number of methoxy groups -OCH3 is 1. The fourth-order valence-corrected chi connectivity index (χ4v) is 2.58. The van der Waals surface area contributed by atoms with E-state index in [0.717, 1.165) is 11.1 Å². The number of hydrogen-bond donors (Lipinski definition) is 1. The maximum Gasteiger partial charge on any atom is 0.311 e. The van der Waals surface area contributed by atoms with Crippen LogP contribution in [0.3, 0.4) is 0 Å². The normalized spacial score (nSPS) is 10.7. The SMILES string of the molecule is CCN(CC(=O)NCc1ccc(F)cc1)Cc1ccc(OC)c([N+](=O)[O-])c1. The molecule has 7 nitrogen and oxygen atoms in total. The van der Waals surface area contributed by atoms with Crippen LogP contribution in [0.2, 0.25) is 0 Å². The number of nitro groups is 1. The largest absolute Gasteiger partial charge is 0.490 e.